The van der Waals surface area contributed by atoms with Crippen LogP contribution in [0.25, 0.3) is 5.69 Å². The molecule has 1 saturated carbocycles. The molecule has 4 rings (SSSR count). The van der Waals surface area contributed by atoms with Crippen molar-refractivity contribution < 1.29 is 0 Å². The summed E-state index contributed by atoms with van der Waals surface area (Å²) in [7, 11) is 0. The van der Waals surface area contributed by atoms with E-state index in [9.17, 15) is 4.79 Å². The van der Waals surface area contributed by atoms with Gasteiger partial charge in [-0.1, -0.05) is 54.8 Å². The van der Waals surface area contributed by atoms with Crippen LogP contribution in [-0.4, -0.2) is 9.13 Å². The Labute approximate surface area is 148 Å². The van der Waals surface area contributed by atoms with Crippen LogP contribution in [0.5, 0.6) is 0 Å². The fourth-order valence-corrected chi connectivity index (χ4v) is 3.79. The predicted octanol–water partition coefficient (Wildman–Crippen LogP) is 4.65. The first-order valence-electron chi connectivity index (χ1n) is 9.14. The number of rotatable bonds is 4. The van der Waals surface area contributed by atoms with Crippen LogP contribution in [0.15, 0.2) is 65.7 Å². The van der Waals surface area contributed by atoms with E-state index in [1.807, 2.05) is 43.6 Å². The molecule has 3 heteroatoms. The Morgan fingerprint density at radius 1 is 0.920 bits per heavy atom. The van der Waals surface area contributed by atoms with Crippen LogP contribution < -0.4 is 5.69 Å². The molecule has 1 aliphatic carbocycles. The third-order valence-electron chi connectivity index (χ3n) is 5.32. The van der Waals surface area contributed by atoms with Gasteiger partial charge in [0.25, 0.3) is 0 Å². The van der Waals surface area contributed by atoms with Crippen molar-refractivity contribution in [1.82, 2.24) is 9.13 Å². The maximum atomic E-state index is 12.7. The topological polar surface area (TPSA) is 26.9 Å². The molecule has 0 aliphatic heterocycles. The van der Waals surface area contributed by atoms with Crippen molar-refractivity contribution in [2.45, 2.75) is 45.1 Å². The quantitative estimate of drug-likeness (QED) is 0.683. The standard InChI is InChI=1S/C22H24N2O/c1-17-6-12-21(13-7-17)24-15-14-23(22(24)25)16-18-8-10-20(11-9-18)19-4-2-3-5-19/h6-15,19H,2-5,16H2,1H3. The Balaban J connectivity index is 1.53. The Hall–Kier alpha value is -2.55. The van der Waals surface area contributed by atoms with Crippen LogP contribution in [0.2, 0.25) is 0 Å². The van der Waals surface area contributed by atoms with Crippen molar-refractivity contribution in [1.29, 1.82) is 0 Å². The molecule has 0 N–H and O–H groups in total. The number of aromatic nitrogens is 2. The average Bonchev–Trinajstić information content (AvgIpc) is 3.28. The first kappa shape index (κ1) is 15.9. The van der Waals surface area contributed by atoms with Gasteiger partial charge in [-0.2, -0.15) is 0 Å². The monoisotopic (exact) mass is 332 g/mol. The van der Waals surface area contributed by atoms with Crippen LogP contribution in [0.1, 0.15) is 48.3 Å². The van der Waals surface area contributed by atoms with Gasteiger partial charge in [0.05, 0.1) is 12.2 Å². The summed E-state index contributed by atoms with van der Waals surface area (Å²) < 4.78 is 3.47. The Kier molecular flexibility index (Phi) is 4.31. The molecule has 0 atom stereocenters. The molecule has 1 fully saturated rings. The van der Waals surface area contributed by atoms with E-state index >= 15 is 0 Å². The second kappa shape index (κ2) is 6.75. The van der Waals surface area contributed by atoms with Gasteiger partial charge in [-0.25, -0.2) is 4.79 Å². The Bertz CT molecular complexity index is 894. The number of hydrogen-bond acceptors (Lipinski definition) is 1. The van der Waals surface area contributed by atoms with Gasteiger partial charge in [-0.05, 0) is 48.9 Å². The summed E-state index contributed by atoms with van der Waals surface area (Å²) in [6.45, 7) is 2.66. The largest absolute Gasteiger partial charge is 0.333 e. The van der Waals surface area contributed by atoms with Crippen LogP contribution in [-0.2, 0) is 6.54 Å². The molecular formula is C22H24N2O. The van der Waals surface area contributed by atoms with Crippen LogP contribution in [0.4, 0.5) is 0 Å². The molecule has 0 saturated heterocycles. The molecule has 1 aliphatic rings. The van der Waals surface area contributed by atoms with Crippen LogP contribution in [0.3, 0.4) is 0 Å². The van der Waals surface area contributed by atoms with E-state index in [-0.39, 0.29) is 5.69 Å². The van der Waals surface area contributed by atoms with Gasteiger partial charge in [-0.15, -0.1) is 0 Å². The van der Waals surface area contributed by atoms with E-state index in [0.29, 0.717) is 6.54 Å². The average molecular weight is 332 g/mol. The SMILES string of the molecule is Cc1ccc(-n2ccn(Cc3ccc(C4CCCC4)cc3)c2=O)cc1. The van der Waals surface area contributed by atoms with E-state index < -0.39 is 0 Å². The molecule has 1 heterocycles. The molecular weight excluding hydrogens is 308 g/mol. The van der Waals surface area contributed by atoms with Crippen molar-refractivity contribution in [3.05, 3.63) is 88.1 Å². The normalized spacial score (nSPS) is 14.9. The summed E-state index contributed by atoms with van der Waals surface area (Å²) in [5, 5.41) is 0. The molecule has 3 aromatic rings. The predicted molar refractivity (Wildman–Crippen MR) is 102 cm³/mol. The van der Waals surface area contributed by atoms with E-state index in [1.165, 1.54) is 42.4 Å². The van der Waals surface area contributed by atoms with Crippen molar-refractivity contribution in [2.75, 3.05) is 0 Å². The van der Waals surface area contributed by atoms with Crippen molar-refractivity contribution in [3.8, 4) is 5.69 Å². The molecule has 25 heavy (non-hydrogen) atoms. The molecule has 0 unspecified atom stereocenters. The van der Waals surface area contributed by atoms with Gasteiger partial charge in [0.1, 0.15) is 0 Å². The summed E-state index contributed by atoms with van der Waals surface area (Å²) in [4.78, 5) is 12.7. The maximum Gasteiger partial charge on any atom is 0.333 e. The summed E-state index contributed by atoms with van der Waals surface area (Å²) in [6.07, 6.45) is 9.06. The number of nitrogens with zero attached hydrogens (tertiary/aromatic N) is 2. The zero-order chi connectivity index (χ0) is 17.2. The highest BCUT2D eigenvalue weighted by molar-refractivity contribution is 5.34. The molecule has 1 aromatic heterocycles. The third kappa shape index (κ3) is 3.32. The fraction of sp³-hybridized carbons (Fsp3) is 0.318. The van der Waals surface area contributed by atoms with E-state index in [4.69, 9.17) is 0 Å². The fourth-order valence-electron chi connectivity index (χ4n) is 3.79. The lowest BCUT2D eigenvalue weighted by atomic mass is 9.97. The van der Waals surface area contributed by atoms with E-state index in [0.717, 1.165) is 11.6 Å². The smallest absolute Gasteiger partial charge is 0.294 e. The van der Waals surface area contributed by atoms with Crippen molar-refractivity contribution in [2.24, 2.45) is 0 Å². The van der Waals surface area contributed by atoms with Gasteiger partial charge < -0.3 is 0 Å². The molecule has 128 valence electrons. The zero-order valence-electron chi connectivity index (χ0n) is 14.7. The molecule has 0 spiro atoms. The molecule has 0 amide bonds. The number of imidazole rings is 1. The lowest BCUT2D eigenvalue weighted by Gasteiger charge is -2.10. The molecule has 2 aromatic carbocycles. The summed E-state index contributed by atoms with van der Waals surface area (Å²) in [5.41, 5.74) is 4.73. The molecule has 3 nitrogen and oxygen atoms in total. The highest BCUT2D eigenvalue weighted by Crippen LogP contribution is 2.33. The molecule has 0 bridgehead atoms. The van der Waals surface area contributed by atoms with Crippen LogP contribution in [0, 0.1) is 6.92 Å². The van der Waals surface area contributed by atoms with E-state index in [1.54, 1.807) is 9.13 Å². The van der Waals surface area contributed by atoms with Gasteiger partial charge >= 0.3 is 5.69 Å². The van der Waals surface area contributed by atoms with E-state index in [2.05, 4.69) is 24.3 Å². The number of benzene rings is 2. The van der Waals surface area contributed by atoms with Crippen molar-refractivity contribution >= 4 is 0 Å². The Morgan fingerprint density at radius 3 is 2.28 bits per heavy atom. The first-order chi connectivity index (χ1) is 12.2. The zero-order valence-corrected chi connectivity index (χ0v) is 14.7. The highest BCUT2D eigenvalue weighted by atomic mass is 16.1. The van der Waals surface area contributed by atoms with Gasteiger partial charge in [0, 0.05) is 12.4 Å². The summed E-state index contributed by atoms with van der Waals surface area (Å²) >= 11 is 0. The molecule has 0 radical (unpaired) electrons. The minimum atomic E-state index is 0.00345. The van der Waals surface area contributed by atoms with Gasteiger partial charge in [-0.3, -0.25) is 9.13 Å². The number of aryl methyl sites for hydroxylation is 1. The highest BCUT2D eigenvalue weighted by Gasteiger charge is 2.16. The van der Waals surface area contributed by atoms with Gasteiger partial charge in [0.2, 0.25) is 0 Å². The minimum absolute atomic E-state index is 0.00345. The number of hydrogen-bond donors (Lipinski definition) is 0. The summed E-state index contributed by atoms with van der Waals surface area (Å²) in [5.74, 6) is 0.736. The maximum absolute atomic E-state index is 12.7. The lowest BCUT2D eigenvalue weighted by molar-refractivity contribution is 0.718. The van der Waals surface area contributed by atoms with Gasteiger partial charge in [0.15, 0.2) is 0 Å². The third-order valence-corrected chi connectivity index (χ3v) is 5.32. The first-order valence-corrected chi connectivity index (χ1v) is 9.14. The van der Waals surface area contributed by atoms with Crippen LogP contribution >= 0.6 is 0 Å². The second-order valence-corrected chi connectivity index (χ2v) is 7.14. The minimum Gasteiger partial charge on any atom is -0.294 e. The Morgan fingerprint density at radius 2 is 1.60 bits per heavy atom. The lowest BCUT2D eigenvalue weighted by Crippen LogP contribution is -2.23. The van der Waals surface area contributed by atoms with Crippen molar-refractivity contribution in [3.63, 3.8) is 0 Å². The summed E-state index contributed by atoms with van der Waals surface area (Å²) in [6, 6.07) is 16.9. The second-order valence-electron chi connectivity index (χ2n) is 7.14.